The standard InChI is InChI=1S/C11H13F3N2O3/c1-7(6-17)15-10(18)16-8-4-2-3-5-9(8)19-11(12,13)14/h2-5,7,17H,6H2,1H3,(H2,15,16,18). The first-order valence-electron chi connectivity index (χ1n) is 5.35. The average molecular weight is 278 g/mol. The lowest BCUT2D eigenvalue weighted by molar-refractivity contribution is -0.274. The number of alkyl halides is 3. The number of ether oxygens (including phenoxy) is 1. The Morgan fingerprint density at radius 3 is 2.63 bits per heavy atom. The number of para-hydroxylation sites is 2. The molecule has 0 fully saturated rings. The highest BCUT2D eigenvalue weighted by Crippen LogP contribution is 2.29. The molecule has 0 heterocycles. The van der Waals surface area contributed by atoms with E-state index in [-0.39, 0.29) is 12.3 Å². The molecule has 1 unspecified atom stereocenters. The van der Waals surface area contributed by atoms with Crippen molar-refractivity contribution in [2.24, 2.45) is 0 Å². The van der Waals surface area contributed by atoms with E-state index < -0.39 is 24.2 Å². The van der Waals surface area contributed by atoms with Crippen molar-refractivity contribution >= 4 is 11.7 Å². The Balaban J connectivity index is 2.75. The first kappa shape index (κ1) is 15.1. The molecule has 0 aliphatic rings. The van der Waals surface area contributed by atoms with Gasteiger partial charge in [0.25, 0.3) is 0 Å². The summed E-state index contributed by atoms with van der Waals surface area (Å²) in [6.45, 7) is 1.26. The summed E-state index contributed by atoms with van der Waals surface area (Å²) < 4.78 is 40.2. The number of aliphatic hydroxyl groups is 1. The van der Waals surface area contributed by atoms with Gasteiger partial charge in [-0.2, -0.15) is 0 Å². The molecule has 3 N–H and O–H groups in total. The van der Waals surface area contributed by atoms with Crippen LogP contribution in [-0.2, 0) is 0 Å². The normalized spacial score (nSPS) is 12.7. The molecule has 1 aromatic carbocycles. The van der Waals surface area contributed by atoms with Crippen molar-refractivity contribution in [3.63, 3.8) is 0 Å². The van der Waals surface area contributed by atoms with Crippen LogP contribution in [0, 0.1) is 0 Å². The van der Waals surface area contributed by atoms with Gasteiger partial charge >= 0.3 is 12.4 Å². The molecule has 0 radical (unpaired) electrons. The number of urea groups is 1. The Hall–Kier alpha value is -1.96. The number of hydrogen-bond acceptors (Lipinski definition) is 3. The molecule has 19 heavy (non-hydrogen) atoms. The van der Waals surface area contributed by atoms with Crippen LogP contribution < -0.4 is 15.4 Å². The third-order valence-electron chi connectivity index (χ3n) is 2.01. The fourth-order valence-corrected chi connectivity index (χ4v) is 1.21. The fourth-order valence-electron chi connectivity index (χ4n) is 1.21. The summed E-state index contributed by atoms with van der Waals surface area (Å²) in [7, 11) is 0. The van der Waals surface area contributed by atoms with Gasteiger partial charge in [-0.1, -0.05) is 12.1 Å². The number of carbonyl (C=O) groups excluding carboxylic acids is 1. The van der Waals surface area contributed by atoms with Gasteiger partial charge in [-0.3, -0.25) is 0 Å². The minimum absolute atomic E-state index is 0.123. The maximum absolute atomic E-state index is 12.1. The second kappa shape index (κ2) is 6.28. The summed E-state index contributed by atoms with van der Waals surface area (Å²) in [6, 6.07) is 3.90. The lowest BCUT2D eigenvalue weighted by atomic mass is 10.3. The summed E-state index contributed by atoms with van der Waals surface area (Å²) in [6.07, 6.45) is -4.84. The molecule has 0 aliphatic heterocycles. The molecule has 5 nitrogen and oxygen atoms in total. The Morgan fingerprint density at radius 1 is 1.42 bits per heavy atom. The van der Waals surface area contributed by atoms with Gasteiger partial charge in [0.15, 0.2) is 5.75 Å². The lowest BCUT2D eigenvalue weighted by Gasteiger charge is -2.15. The summed E-state index contributed by atoms with van der Waals surface area (Å²) in [4.78, 5) is 11.4. The highest BCUT2D eigenvalue weighted by atomic mass is 19.4. The van der Waals surface area contributed by atoms with Crippen LogP contribution in [0.4, 0.5) is 23.7 Å². The van der Waals surface area contributed by atoms with E-state index in [1.54, 1.807) is 0 Å². The van der Waals surface area contributed by atoms with Crippen LogP contribution in [-0.4, -0.2) is 30.1 Å². The second-order valence-electron chi connectivity index (χ2n) is 3.73. The van der Waals surface area contributed by atoms with Gasteiger partial charge in [0.1, 0.15) is 0 Å². The Labute approximate surface area is 107 Å². The summed E-state index contributed by atoms with van der Waals surface area (Å²) in [5.74, 6) is -0.512. The lowest BCUT2D eigenvalue weighted by Crippen LogP contribution is -2.38. The highest BCUT2D eigenvalue weighted by molar-refractivity contribution is 5.91. The SMILES string of the molecule is CC(CO)NC(=O)Nc1ccccc1OC(F)(F)F. The van der Waals surface area contributed by atoms with Crippen molar-refractivity contribution in [1.82, 2.24) is 5.32 Å². The topological polar surface area (TPSA) is 70.6 Å². The van der Waals surface area contributed by atoms with Crippen molar-refractivity contribution < 1.29 is 27.8 Å². The minimum Gasteiger partial charge on any atom is -0.404 e. The van der Waals surface area contributed by atoms with Crippen LogP contribution in [0.3, 0.4) is 0 Å². The van der Waals surface area contributed by atoms with E-state index >= 15 is 0 Å². The summed E-state index contributed by atoms with van der Waals surface area (Å²) >= 11 is 0. The van der Waals surface area contributed by atoms with Gasteiger partial charge in [0.2, 0.25) is 0 Å². The maximum Gasteiger partial charge on any atom is 0.573 e. The second-order valence-corrected chi connectivity index (χ2v) is 3.73. The van der Waals surface area contributed by atoms with Crippen LogP contribution >= 0.6 is 0 Å². The van der Waals surface area contributed by atoms with E-state index in [1.807, 2.05) is 0 Å². The first-order valence-corrected chi connectivity index (χ1v) is 5.35. The number of rotatable bonds is 4. The molecule has 0 saturated heterocycles. The molecule has 0 aliphatic carbocycles. The molecule has 0 saturated carbocycles. The third-order valence-corrected chi connectivity index (χ3v) is 2.01. The molecule has 8 heteroatoms. The van der Waals surface area contributed by atoms with Gasteiger partial charge in [-0.05, 0) is 19.1 Å². The van der Waals surface area contributed by atoms with E-state index in [1.165, 1.54) is 25.1 Å². The monoisotopic (exact) mass is 278 g/mol. The predicted molar refractivity (Wildman–Crippen MR) is 61.8 cm³/mol. The maximum atomic E-state index is 12.1. The van der Waals surface area contributed by atoms with Crippen LogP contribution in [0.15, 0.2) is 24.3 Å². The Morgan fingerprint density at radius 2 is 2.05 bits per heavy atom. The van der Waals surface area contributed by atoms with Gasteiger partial charge in [-0.15, -0.1) is 13.2 Å². The van der Waals surface area contributed by atoms with Gasteiger partial charge in [0, 0.05) is 0 Å². The Kier molecular flexibility index (Phi) is 4.99. The number of amides is 2. The number of aliphatic hydroxyl groups excluding tert-OH is 1. The van der Waals surface area contributed by atoms with Crippen molar-refractivity contribution in [2.45, 2.75) is 19.3 Å². The number of benzene rings is 1. The zero-order valence-electron chi connectivity index (χ0n) is 9.99. The molecule has 0 aromatic heterocycles. The zero-order chi connectivity index (χ0) is 14.5. The molecule has 2 amide bonds. The molecular formula is C11H13F3N2O3. The molecule has 1 rings (SSSR count). The number of anilines is 1. The molecule has 1 atom stereocenters. The smallest absolute Gasteiger partial charge is 0.404 e. The van der Waals surface area contributed by atoms with Gasteiger partial charge < -0.3 is 20.5 Å². The minimum atomic E-state index is -4.84. The fraction of sp³-hybridized carbons (Fsp3) is 0.364. The van der Waals surface area contributed by atoms with E-state index in [9.17, 15) is 18.0 Å². The van der Waals surface area contributed by atoms with E-state index in [0.29, 0.717) is 0 Å². The highest BCUT2D eigenvalue weighted by Gasteiger charge is 2.32. The van der Waals surface area contributed by atoms with Crippen molar-refractivity contribution in [3.05, 3.63) is 24.3 Å². The van der Waals surface area contributed by atoms with E-state index in [2.05, 4.69) is 15.4 Å². The molecule has 106 valence electrons. The molecule has 1 aromatic rings. The van der Waals surface area contributed by atoms with Gasteiger partial charge in [0.05, 0.1) is 18.3 Å². The molecule has 0 spiro atoms. The predicted octanol–water partition coefficient (Wildman–Crippen LogP) is 2.09. The van der Waals surface area contributed by atoms with Crippen molar-refractivity contribution in [2.75, 3.05) is 11.9 Å². The van der Waals surface area contributed by atoms with E-state index in [4.69, 9.17) is 5.11 Å². The quantitative estimate of drug-likeness (QED) is 0.789. The third kappa shape index (κ3) is 5.47. The van der Waals surface area contributed by atoms with E-state index in [0.717, 1.165) is 6.07 Å². The number of carbonyl (C=O) groups is 1. The van der Waals surface area contributed by atoms with Crippen LogP contribution in [0.25, 0.3) is 0 Å². The van der Waals surface area contributed by atoms with Crippen LogP contribution in [0.5, 0.6) is 5.75 Å². The Bertz CT molecular complexity index is 437. The molecule has 0 bridgehead atoms. The largest absolute Gasteiger partial charge is 0.573 e. The number of nitrogens with one attached hydrogen (secondary N) is 2. The van der Waals surface area contributed by atoms with Crippen LogP contribution in [0.1, 0.15) is 6.92 Å². The van der Waals surface area contributed by atoms with Crippen molar-refractivity contribution in [1.29, 1.82) is 0 Å². The number of halogens is 3. The summed E-state index contributed by atoms with van der Waals surface area (Å²) in [5, 5.41) is 13.3. The molecular weight excluding hydrogens is 265 g/mol. The van der Waals surface area contributed by atoms with Gasteiger partial charge in [-0.25, -0.2) is 4.79 Å². The summed E-state index contributed by atoms with van der Waals surface area (Å²) in [5.41, 5.74) is -0.123. The average Bonchev–Trinajstić information content (AvgIpc) is 2.29. The number of hydrogen-bond donors (Lipinski definition) is 3. The zero-order valence-corrected chi connectivity index (χ0v) is 9.99. The van der Waals surface area contributed by atoms with Crippen molar-refractivity contribution in [3.8, 4) is 5.75 Å². The first-order chi connectivity index (χ1) is 8.81. The van der Waals surface area contributed by atoms with Crippen LogP contribution in [0.2, 0.25) is 0 Å².